The first-order chi connectivity index (χ1) is 8.99. The second-order valence-corrected chi connectivity index (χ2v) is 4.44. The van der Waals surface area contributed by atoms with Crippen LogP contribution in [-0.2, 0) is 0 Å². The minimum atomic E-state index is -1.04. The molecule has 2 aromatic carbocycles. The van der Waals surface area contributed by atoms with E-state index in [1.165, 1.54) is 24.3 Å². The predicted molar refractivity (Wildman–Crippen MR) is 72.9 cm³/mol. The van der Waals surface area contributed by atoms with Crippen molar-refractivity contribution < 1.29 is 14.3 Å². The van der Waals surface area contributed by atoms with Gasteiger partial charge in [0.05, 0.1) is 11.3 Å². The highest BCUT2D eigenvalue weighted by atomic mass is 35.5. The number of anilines is 2. The smallest absolute Gasteiger partial charge is 0.337 e. The SMILES string of the molecule is CN(c1ccc(F)cc1)c1cc(Cl)ccc1C(=O)O. The standard InChI is InChI=1S/C14H11ClFNO2/c1-17(11-5-3-10(16)4-6-11)13-8-9(15)2-7-12(13)14(18)19/h2-8H,1H3,(H,18,19). The highest BCUT2D eigenvalue weighted by molar-refractivity contribution is 6.31. The number of halogens is 2. The summed E-state index contributed by atoms with van der Waals surface area (Å²) in [6.45, 7) is 0. The first-order valence-corrected chi connectivity index (χ1v) is 5.89. The zero-order valence-electron chi connectivity index (χ0n) is 10.1. The van der Waals surface area contributed by atoms with Crippen molar-refractivity contribution in [3.8, 4) is 0 Å². The van der Waals surface area contributed by atoms with Gasteiger partial charge in [-0.2, -0.15) is 0 Å². The quantitative estimate of drug-likeness (QED) is 0.925. The van der Waals surface area contributed by atoms with Gasteiger partial charge in [0, 0.05) is 17.8 Å². The molecule has 0 amide bonds. The predicted octanol–water partition coefficient (Wildman–Crippen LogP) is 3.95. The maximum absolute atomic E-state index is 12.9. The number of carboxylic acids is 1. The number of hydrogen-bond donors (Lipinski definition) is 1. The van der Waals surface area contributed by atoms with Gasteiger partial charge in [-0.25, -0.2) is 9.18 Å². The lowest BCUT2D eigenvalue weighted by molar-refractivity contribution is 0.0697. The minimum absolute atomic E-state index is 0.135. The number of rotatable bonds is 3. The molecule has 0 radical (unpaired) electrons. The Morgan fingerprint density at radius 3 is 2.42 bits per heavy atom. The molecule has 0 unspecified atom stereocenters. The van der Waals surface area contributed by atoms with E-state index in [9.17, 15) is 9.18 Å². The highest BCUT2D eigenvalue weighted by Crippen LogP contribution is 2.29. The van der Waals surface area contributed by atoms with Gasteiger partial charge in [0.25, 0.3) is 0 Å². The molecule has 0 heterocycles. The molecule has 5 heteroatoms. The molecule has 2 rings (SSSR count). The van der Waals surface area contributed by atoms with Crippen molar-refractivity contribution in [1.82, 2.24) is 0 Å². The molecule has 0 saturated heterocycles. The Kier molecular flexibility index (Phi) is 3.71. The van der Waals surface area contributed by atoms with Crippen LogP contribution in [0.2, 0.25) is 5.02 Å². The fourth-order valence-corrected chi connectivity index (χ4v) is 1.93. The van der Waals surface area contributed by atoms with Gasteiger partial charge in [0.2, 0.25) is 0 Å². The first-order valence-electron chi connectivity index (χ1n) is 5.51. The van der Waals surface area contributed by atoms with E-state index in [-0.39, 0.29) is 11.4 Å². The molecule has 0 aliphatic heterocycles. The minimum Gasteiger partial charge on any atom is -0.478 e. The molecule has 98 valence electrons. The number of aromatic carboxylic acids is 1. The molecule has 2 aromatic rings. The van der Waals surface area contributed by atoms with Gasteiger partial charge in [-0.3, -0.25) is 0 Å². The molecular weight excluding hydrogens is 269 g/mol. The van der Waals surface area contributed by atoms with Crippen molar-refractivity contribution in [3.05, 3.63) is 58.9 Å². The number of nitrogens with zero attached hydrogens (tertiary/aromatic N) is 1. The number of carbonyl (C=O) groups is 1. The summed E-state index contributed by atoms with van der Waals surface area (Å²) in [7, 11) is 1.70. The summed E-state index contributed by atoms with van der Waals surface area (Å²) in [5, 5.41) is 9.61. The third kappa shape index (κ3) is 2.85. The van der Waals surface area contributed by atoms with Crippen LogP contribution < -0.4 is 4.90 Å². The fraction of sp³-hybridized carbons (Fsp3) is 0.0714. The van der Waals surface area contributed by atoms with Crippen LogP contribution in [0.15, 0.2) is 42.5 Å². The number of carboxylic acid groups (broad SMARTS) is 1. The van der Waals surface area contributed by atoms with Crippen LogP contribution in [-0.4, -0.2) is 18.1 Å². The summed E-state index contributed by atoms with van der Waals surface area (Å²) in [6, 6.07) is 10.3. The maximum atomic E-state index is 12.9. The summed E-state index contributed by atoms with van der Waals surface area (Å²) in [4.78, 5) is 12.8. The molecular formula is C14H11ClFNO2. The van der Waals surface area contributed by atoms with Crippen molar-refractivity contribution in [1.29, 1.82) is 0 Å². The Labute approximate surface area is 114 Å². The van der Waals surface area contributed by atoms with Gasteiger partial charge in [0.1, 0.15) is 5.82 Å². The Hall–Kier alpha value is -2.07. The number of benzene rings is 2. The van der Waals surface area contributed by atoms with Crippen molar-refractivity contribution >= 4 is 28.9 Å². The van der Waals surface area contributed by atoms with Crippen molar-refractivity contribution in [2.75, 3.05) is 11.9 Å². The van der Waals surface area contributed by atoms with Crippen molar-refractivity contribution in [2.24, 2.45) is 0 Å². The van der Waals surface area contributed by atoms with Crippen LogP contribution in [0.1, 0.15) is 10.4 Å². The Balaban J connectivity index is 2.48. The third-order valence-electron chi connectivity index (χ3n) is 2.77. The van der Waals surface area contributed by atoms with Crippen LogP contribution in [0, 0.1) is 5.82 Å². The molecule has 0 atom stereocenters. The van der Waals surface area contributed by atoms with Gasteiger partial charge in [-0.15, -0.1) is 0 Å². The topological polar surface area (TPSA) is 40.5 Å². The van der Waals surface area contributed by atoms with Crippen molar-refractivity contribution in [3.63, 3.8) is 0 Å². The summed E-state index contributed by atoms with van der Waals surface area (Å²) in [5.74, 6) is -1.39. The molecule has 0 spiro atoms. The second-order valence-electron chi connectivity index (χ2n) is 4.00. The summed E-state index contributed by atoms with van der Waals surface area (Å²) >= 11 is 5.90. The van der Waals surface area contributed by atoms with Gasteiger partial charge >= 0.3 is 5.97 Å². The molecule has 0 bridgehead atoms. The van der Waals surface area contributed by atoms with E-state index < -0.39 is 5.97 Å². The lowest BCUT2D eigenvalue weighted by Crippen LogP contribution is -2.14. The van der Waals surface area contributed by atoms with Crippen molar-refractivity contribution in [2.45, 2.75) is 0 Å². The van der Waals surface area contributed by atoms with Crippen LogP contribution in [0.3, 0.4) is 0 Å². The molecule has 0 aliphatic rings. The Bertz CT molecular complexity index is 613. The van der Waals surface area contributed by atoms with Crippen LogP contribution in [0.4, 0.5) is 15.8 Å². The Morgan fingerprint density at radius 1 is 1.21 bits per heavy atom. The average Bonchev–Trinajstić information content (AvgIpc) is 2.38. The molecule has 19 heavy (non-hydrogen) atoms. The highest BCUT2D eigenvalue weighted by Gasteiger charge is 2.15. The summed E-state index contributed by atoms with van der Waals surface area (Å²) < 4.78 is 12.9. The van der Waals surface area contributed by atoms with Gasteiger partial charge < -0.3 is 10.0 Å². The fourth-order valence-electron chi connectivity index (χ4n) is 1.77. The summed E-state index contributed by atoms with van der Waals surface area (Å²) in [5.41, 5.74) is 1.26. The van der Waals surface area contributed by atoms with Crippen LogP contribution in [0.25, 0.3) is 0 Å². The van der Waals surface area contributed by atoms with Crippen LogP contribution >= 0.6 is 11.6 Å². The van der Waals surface area contributed by atoms with E-state index in [2.05, 4.69) is 0 Å². The van der Waals surface area contributed by atoms with E-state index in [0.717, 1.165) is 0 Å². The zero-order valence-corrected chi connectivity index (χ0v) is 10.9. The Morgan fingerprint density at radius 2 is 1.84 bits per heavy atom. The first kappa shape index (κ1) is 13.4. The van der Waals surface area contributed by atoms with E-state index in [1.54, 1.807) is 30.1 Å². The van der Waals surface area contributed by atoms with E-state index >= 15 is 0 Å². The van der Waals surface area contributed by atoms with E-state index in [4.69, 9.17) is 16.7 Å². The normalized spacial score (nSPS) is 10.3. The lowest BCUT2D eigenvalue weighted by atomic mass is 10.1. The lowest BCUT2D eigenvalue weighted by Gasteiger charge is -2.21. The largest absolute Gasteiger partial charge is 0.478 e. The third-order valence-corrected chi connectivity index (χ3v) is 3.00. The maximum Gasteiger partial charge on any atom is 0.337 e. The van der Waals surface area contributed by atoms with E-state index in [1.807, 2.05) is 0 Å². The second kappa shape index (κ2) is 5.28. The van der Waals surface area contributed by atoms with Gasteiger partial charge in [-0.1, -0.05) is 11.6 Å². The van der Waals surface area contributed by atoms with Gasteiger partial charge in [-0.05, 0) is 42.5 Å². The van der Waals surface area contributed by atoms with E-state index in [0.29, 0.717) is 16.4 Å². The average molecular weight is 280 g/mol. The molecule has 3 nitrogen and oxygen atoms in total. The molecule has 0 aromatic heterocycles. The number of hydrogen-bond acceptors (Lipinski definition) is 2. The van der Waals surface area contributed by atoms with Crippen LogP contribution in [0.5, 0.6) is 0 Å². The molecule has 1 N–H and O–H groups in total. The van der Waals surface area contributed by atoms with Gasteiger partial charge in [0.15, 0.2) is 0 Å². The molecule has 0 fully saturated rings. The molecule has 0 saturated carbocycles. The summed E-state index contributed by atoms with van der Waals surface area (Å²) in [6.07, 6.45) is 0. The molecule has 0 aliphatic carbocycles. The zero-order chi connectivity index (χ0) is 14.0. The monoisotopic (exact) mass is 279 g/mol.